The smallest absolute Gasteiger partial charge is 0.143 e. The third kappa shape index (κ3) is 1.99. The average molecular weight is 251 g/mol. The molecule has 94 valence electrons. The summed E-state index contributed by atoms with van der Waals surface area (Å²) in [6.45, 7) is 1.91. The van der Waals surface area contributed by atoms with Crippen molar-refractivity contribution in [3.8, 4) is 0 Å². The van der Waals surface area contributed by atoms with Crippen LogP contribution in [0.3, 0.4) is 0 Å². The zero-order valence-electron chi connectivity index (χ0n) is 10.7. The second kappa shape index (κ2) is 4.27. The molecule has 2 aliphatic heterocycles. The van der Waals surface area contributed by atoms with Gasteiger partial charge in [-0.2, -0.15) is 0 Å². The Morgan fingerprint density at radius 3 is 2.35 bits per heavy atom. The second-order valence-electron chi connectivity index (χ2n) is 6.09. The molecule has 0 N–H and O–H groups in total. The molecule has 1 spiro atoms. The summed E-state index contributed by atoms with van der Waals surface area (Å²) in [4.78, 5) is 0. The molecule has 0 aromatic carbocycles. The van der Waals surface area contributed by atoms with Crippen LogP contribution in [0, 0.1) is 12.7 Å². The number of rotatable bonds is 1. The lowest BCUT2D eigenvalue weighted by atomic mass is 10.1. The summed E-state index contributed by atoms with van der Waals surface area (Å²) in [6, 6.07) is 8.36. The van der Waals surface area contributed by atoms with Gasteiger partial charge in [0.05, 0.1) is 13.8 Å². The van der Waals surface area contributed by atoms with Gasteiger partial charge in [0.25, 0.3) is 0 Å². The molecule has 0 atom stereocenters. The molecule has 3 heteroatoms. The number of nitrogens with zero attached hydrogens (tertiary/aromatic N) is 1. The Kier molecular flexibility index (Phi) is 2.89. The van der Waals surface area contributed by atoms with Gasteiger partial charge >= 0.3 is 0 Å². The van der Waals surface area contributed by atoms with E-state index < -0.39 is 8.07 Å². The van der Waals surface area contributed by atoms with Crippen LogP contribution in [-0.2, 0) is 0 Å². The minimum absolute atomic E-state index is 0.0385. The molecule has 0 amide bonds. The predicted octanol–water partition coefficient (Wildman–Crippen LogP) is 4.51. The molecular weight excluding hydrogens is 229 g/mol. The first-order chi connectivity index (χ1) is 8.20. The Bertz CT molecular complexity index is 396. The highest BCUT2D eigenvalue weighted by atomic mass is 28.3. The molecule has 0 bridgehead atoms. The van der Waals surface area contributed by atoms with Crippen molar-refractivity contribution in [1.82, 2.24) is 4.57 Å². The van der Waals surface area contributed by atoms with Gasteiger partial charge in [-0.3, -0.25) is 0 Å². The van der Waals surface area contributed by atoms with E-state index in [0.717, 1.165) is 5.69 Å². The van der Waals surface area contributed by atoms with Gasteiger partial charge in [0.2, 0.25) is 0 Å². The number of aromatic nitrogens is 1. The Labute approximate surface area is 104 Å². The van der Waals surface area contributed by atoms with E-state index >= 15 is 0 Å². The minimum Gasteiger partial charge on any atom is -0.346 e. The highest BCUT2D eigenvalue weighted by Gasteiger charge is 2.39. The summed E-state index contributed by atoms with van der Waals surface area (Å²) < 4.78 is 15.6. The average Bonchev–Trinajstić information content (AvgIpc) is 2.91. The highest BCUT2D eigenvalue weighted by molar-refractivity contribution is 6.80. The fourth-order valence-corrected chi connectivity index (χ4v) is 9.41. The van der Waals surface area contributed by atoms with E-state index in [9.17, 15) is 4.39 Å². The molecule has 0 aliphatic carbocycles. The molecular formula is C14H22FNSi. The van der Waals surface area contributed by atoms with Gasteiger partial charge in [0, 0.05) is 12.2 Å². The Morgan fingerprint density at radius 2 is 1.82 bits per heavy atom. The van der Waals surface area contributed by atoms with Crippen LogP contribution in [0.1, 0.15) is 37.4 Å². The highest BCUT2D eigenvalue weighted by Crippen LogP contribution is 2.45. The van der Waals surface area contributed by atoms with E-state index in [1.54, 1.807) is 18.2 Å². The fourth-order valence-electron chi connectivity index (χ4n) is 4.02. The summed E-state index contributed by atoms with van der Waals surface area (Å²) >= 11 is 0. The molecule has 0 saturated carbocycles. The van der Waals surface area contributed by atoms with E-state index in [0.29, 0.717) is 6.04 Å². The van der Waals surface area contributed by atoms with Crippen LogP contribution in [0.5, 0.6) is 0 Å². The largest absolute Gasteiger partial charge is 0.346 e. The zero-order valence-corrected chi connectivity index (χ0v) is 11.7. The van der Waals surface area contributed by atoms with E-state index in [2.05, 4.69) is 4.57 Å². The molecule has 0 unspecified atom stereocenters. The lowest BCUT2D eigenvalue weighted by Crippen LogP contribution is -2.35. The van der Waals surface area contributed by atoms with Crippen molar-refractivity contribution in [2.45, 2.75) is 62.8 Å². The van der Waals surface area contributed by atoms with Gasteiger partial charge in [-0.25, -0.2) is 4.39 Å². The Hall–Kier alpha value is -0.573. The van der Waals surface area contributed by atoms with Crippen LogP contribution in [0.2, 0.25) is 24.2 Å². The normalized spacial score (nSPS) is 24.6. The Morgan fingerprint density at radius 1 is 1.18 bits per heavy atom. The topological polar surface area (TPSA) is 4.93 Å². The maximum Gasteiger partial charge on any atom is 0.143 e. The zero-order chi connectivity index (χ0) is 11.9. The molecule has 2 aliphatic rings. The number of halogens is 1. The van der Waals surface area contributed by atoms with Crippen molar-refractivity contribution < 1.29 is 4.39 Å². The molecule has 3 heterocycles. The van der Waals surface area contributed by atoms with Crippen LogP contribution in [0.4, 0.5) is 4.39 Å². The van der Waals surface area contributed by atoms with Crippen molar-refractivity contribution >= 4 is 8.07 Å². The van der Waals surface area contributed by atoms with Crippen molar-refractivity contribution in [2.75, 3.05) is 0 Å². The predicted molar refractivity (Wildman–Crippen MR) is 71.6 cm³/mol. The van der Waals surface area contributed by atoms with Gasteiger partial charge in [0.1, 0.15) is 5.82 Å². The van der Waals surface area contributed by atoms with Crippen molar-refractivity contribution in [3.05, 3.63) is 23.8 Å². The van der Waals surface area contributed by atoms with Crippen LogP contribution in [-0.4, -0.2) is 12.6 Å². The van der Waals surface area contributed by atoms with E-state index in [1.165, 1.54) is 37.8 Å². The van der Waals surface area contributed by atoms with E-state index in [1.807, 2.05) is 13.1 Å². The maximum atomic E-state index is 13.4. The fraction of sp³-hybridized carbons (Fsp3) is 0.714. The first-order valence-corrected chi connectivity index (χ1v) is 9.86. The third-order valence-corrected chi connectivity index (χ3v) is 10.7. The summed E-state index contributed by atoms with van der Waals surface area (Å²) in [5.41, 5.74) is 0.832. The molecule has 2 saturated heterocycles. The quantitative estimate of drug-likeness (QED) is 0.647. The van der Waals surface area contributed by atoms with Crippen molar-refractivity contribution in [2.24, 2.45) is 0 Å². The van der Waals surface area contributed by atoms with Crippen molar-refractivity contribution in [3.63, 3.8) is 0 Å². The second-order valence-corrected chi connectivity index (χ2v) is 11.1. The summed E-state index contributed by atoms with van der Waals surface area (Å²) in [5, 5.41) is 0. The van der Waals surface area contributed by atoms with Crippen LogP contribution in [0.15, 0.2) is 12.3 Å². The monoisotopic (exact) mass is 251 g/mol. The van der Waals surface area contributed by atoms with Crippen LogP contribution >= 0.6 is 0 Å². The molecule has 2 fully saturated rings. The van der Waals surface area contributed by atoms with Gasteiger partial charge in [-0.15, -0.1) is 0 Å². The van der Waals surface area contributed by atoms with Gasteiger partial charge in [-0.05, 0) is 25.8 Å². The van der Waals surface area contributed by atoms with Gasteiger partial charge in [-0.1, -0.05) is 37.0 Å². The number of hydrogen-bond donors (Lipinski definition) is 0. The van der Waals surface area contributed by atoms with E-state index in [4.69, 9.17) is 0 Å². The van der Waals surface area contributed by atoms with Gasteiger partial charge in [0.15, 0.2) is 0 Å². The van der Waals surface area contributed by atoms with Crippen LogP contribution < -0.4 is 0 Å². The Balaban J connectivity index is 1.71. The molecule has 1 aromatic rings. The summed E-state index contributed by atoms with van der Waals surface area (Å²) in [6.07, 6.45) is 7.55. The number of hydrogen-bond acceptors (Lipinski definition) is 0. The van der Waals surface area contributed by atoms with Crippen LogP contribution in [0.25, 0.3) is 0 Å². The minimum atomic E-state index is -0.812. The third-order valence-electron chi connectivity index (χ3n) is 5.19. The standard InChI is InChI=1S/C14H22FNSi/c1-12-14(15)4-7-16(12)13-5-10-17(11-6-13)8-2-3-9-17/h4,7,13H,2-3,5-6,8-11H2,1H3. The SMILES string of the molecule is Cc1c(F)ccn1C1CC[Si]2(CCCC2)CC1. The first-order valence-electron chi connectivity index (χ1n) is 7.03. The summed E-state index contributed by atoms with van der Waals surface area (Å²) in [7, 11) is -0.812. The lowest BCUT2D eigenvalue weighted by Gasteiger charge is -2.36. The molecule has 1 nitrogen and oxygen atoms in total. The lowest BCUT2D eigenvalue weighted by molar-refractivity contribution is 0.436. The van der Waals surface area contributed by atoms with Crippen molar-refractivity contribution in [1.29, 1.82) is 0 Å². The molecule has 3 rings (SSSR count). The molecule has 17 heavy (non-hydrogen) atoms. The summed E-state index contributed by atoms with van der Waals surface area (Å²) in [5.74, 6) is -0.0385. The molecule has 0 radical (unpaired) electrons. The molecule has 1 aromatic heterocycles. The maximum absolute atomic E-state index is 13.4. The van der Waals surface area contributed by atoms with E-state index in [-0.39, 0.29) is 5.82 Å². The van der Waals surface area contributed by atoms with Gasteiger partial charge < -0.3 is 4.57 Å². The first kappa shape index (κ1) is 11.5.